The average Bonchev–Trinajstić information content (AvgIpc) is 3.04. The van der Waals surface area contributed by atoms with E-state index < -0.39 is 0 Å². The van der Waals surface area contributed by atoms with Gasteiger partial charge in [0.2, 0.25) is 5.89 Å². The summed E-state index contributed by atoms with van der Waals surface area (Å²) >= 11 is 0. The number of benzene rings is 2. The first-order valence-electron chi connectivity index (χ1n) is 7.09. The second-order valence-corrected chi connectivity index (χ2v) is 4.99. The molecule has 0 bridgehead atoms. The molecule has 0 aliphatic rings. The molecule has 6 heteroatoms. The van der Waals surface area contributed by atoms with E-state index in [1.165, 1.54) is 0 Å². The van der Waals surface area contributed by atoms with E-state index in [-0.39, 0.29) is 0 Å². The summed E-state index contributed by atoms with van der Waals surface area (Å²) in [6.07, 6.45) is 0.547. The Morgan fingerprint density at radius 1 is 1.00 bits per heavy atom. The maximum atomic E-state index is 5.75. The van der Waals surface area contributed by atoms with Gasteiger partial charge in [-0.05, 0) is 29.8 Å². The lowest BCUT2D eigenvalue weighted by molar-refractivity contribution is 0.394. The Morgan fingerprint density at radius 3 is 2.48 bits per heavy atom. The van der Waals surface area contributed by atoms with Crippen molar-refractivity contribution in [3.05, 3.63) is 53.9 Å². The van der Waals surface area contributed by atoms with Gasteiger partial charge in [-0.2, -0.15) is 0 Å². The fraction of sp³-hybridized carbons (Fsp3) is 0.176. The van der Waals surface area contributed by atoms with Gasteiger partial charge in [0.05, 0.1) is 26.2 Å². The van der Waals surface area contributed by atoms with Crippen LogP contribution >= 0.6 is 0 Å². The minimum absolute atomic E-state index is 0.412. The van der Waals surface area contributed by atoms with Crippen LogP contribution in [0.2, 0.25) is 0 Å². The number of nitrogens with zero attached hydrogens (tertiary/aromatic N) is 2. The van der Waals surface area contributed by atoms with Gasteiger partial charge in [-0.3, -0.25) is 0 Å². The molecule has 0 saturated carbocycles. The number of anilines is 1. The maximum Gasteiger partial charge on any atom is 0.251 e. The van der Waals surface area contributed by atoms with Crippen LogP contribution in [0.5, 0.6) is 11.5 Å². The van der Waals surface area contributed by atoms with E-state index in [9.17, 15) is 0 Å². The van der Waals surface area contributed by atoms with E-state index in [2.05, 4.69) is 10.2 Å². The molecule has 0 unspecified atom stereocenters. The zero-order chi connectivity index (χ0) is 16.2. The van der Waals surface area contributed by atoms with Crippen LogP contribution in [-0.2, 0) is 6.42 Å². The molecular weight excluding hydrogens is 294 g/mol. The molecule has 0 amide bonds. The summed E-state index contributed by atoms with van der Waals surface area (Å²) in [5.41, 5.74) is 8.18. The Kier molecular flexibility index (Phi) is 4.14. The van der Waals surface area contributed by atoms with Crippen LogP contribution in [-0.4, -0.2) is 24.4 Å². The standard InChI is InChI=1S/C17H17N3O3/c1-21-13-7-8-14(15(10-13)22-2)17-20-19-16(23-17)9-11-3-5-12(18)6-4-11/h3-8,10H,9,18H2,1-2H3. The van der Waals surface area contributed by atoms with Crippen molar-refractivity contribution >= 4 is 5.69 Å². The summed E-state index contributed by atoms with van der Waals surface area (Å²) in [5.74, 6) is 2.26. The number of aromatic nitrogens is 2. The molecule has 1 heterocycles. The maximum absolute atomic E-state index is 5.75. The highest BCUT2D eigenvalue weighted by Crippen LogP contribution is 2.32. The van der Waals surface area contributed by atoms with Crippen LogP contribution in [0.3, 0.4) is 0 Å². The van der Waals surface area contributed by atoms with Crippen molar-refractivity contribution in [2.75, 3.05) is 20.0 Å². The minimum atomic E-state index is 0.412. The van der Waals surface area contributed by atoms with Crippen LogP contribution in [0.15, 0.2) is 46.9 Å². The predicted octanol–water partition coefficient (Wildman–Crippen LogP) is 2.93. The van der Waals surface area contributed by atoms with Crippen LogP contribution in [0, 0.1) is 0 Å². The average molecular weight is 311 g/mol. The van der Waals surface area contributed by atoms with Crippen LogP contribution in [0.1, 0.15) is 11.5 Å². The highest BCUT2D eigenvalue weighted by atomic mass is 16.5. The van der Waals surface area contributed by atoms with Crippen molar-refractivity contribution in [1.82, 2.24) is 10.2 Å². The Labute approximate surface area is 133 Å². The molecule has 0 aliphatic heterocycles. The third-order valence-corrected chi connectivity index (χ3v) is 3.44. The first kappa shape index (κ1) is 14.9. The van der Waals surface area contributed by atoms with Gasteiger partial charge >= 0.3 is 0 Å². The highest BCUT2D eigenvalue weighted by Gasteiger charge is 2.14. The Bertz CT molecular complexity index is 797. The fourth-order valence-electron chi connectivity index (χ4n) is 2.22. The molecule has 0 aliphatic carbocycles. The van der Waals surface area contributed by atoms with Crippen molar-refractivity contribution in [3.8, 4) is 23.0 Å². The van der Waals surface area contributed by atoms with E-state index in [1.54, 1.807) is 20.3 Å². The molecule has 3 rings (SSSR count). The number of methoxy groups -OCH3 is 2. The van der Waals surface area contributed by atoms with Crippen molar-refractivity contribution in [1.29, 1.82) is 0 Å². The lowest BCUT2D eigenvalue weighted by atomic mass is 10.1. The van der Waals surface area contributed by atoms with E-state index >= 15 is 0 Å². The number of nitrogen functional groups attached to an aromatic ring is 1. The number of hydrogen-bond acceptors (Lipinski definition) is 6. The third kappa shape index (κ3) is 3.26. The molecule has 0 spiro atoms. The minimum Gasteiger partial charge on any atom is -0.497 e. The number of hydrogen-bond donors (Lipinski definition) is 1. The summed E-state index contributed by atoms with van der Waals surface area (Å²) in [5, 5.41) is 8.20. The molecule has 0 radical (unpaired) electrons. The quantitative estimate of drug-likeness (QED) is 0.729. The molecule has 6 nitrogen and oxygen atoms in total. The van der Waals surface area contributed by atoms with Crippen molar-refractivity contribution < 1.29 is 13.9 Å². The van der Waals surface area contributed by atoms with E-state index in [0.29, 0.717) is 29.7 Å². The molecule has 3 aromatic rings. The van der Waals surface area contributed by atoms with Gasteiger partial charge < -0.3 is 19.6 Å². The van der Waals surface area contributed by atoms with E-state index in [4.69, 9.17) is 19.6 Å². The lowest BCUT2D eigenvalue weighted by Gasteiger charge is -2.07. The Balaban J connectivity index is 1.85. The van der Waals surface area contributed by atoms with Gasteiger partial charge in [0, 0.05) is 11.8 Å². The Hall–Kier alpha value is -3.02. The molecular formula is C17H17N3O3. The summed E-state index contributed by atoms with van der Waals surface area (Å²) in [7, 11) is 3.19. The van der Waals surface area contributed by atoms with Gasteiger partial charge in [-0.25, -0.2) is 0 Å². The molecule has 0 atom stereocenters. The first-order valence-corrected chi connectivity index (χ1v) is 7.09. The molecule has 2 N–H and O–H groups in total. The first-order chi connectivity index (χ1) is 11.2. The molecule has 0 fully saturated rings. The number of ether oxygens (including phenoxy) is 2. The van der Waals surface area contributed by atoms with Gasteiger partial charge in [-0.15, -0.1) is 10.2 Å². The van der Waals surface area contributed by atoms with Crippen molar-refractivity contribution in [3.63, 3.8) is 0 Å². The SMILES string of the molecule is COc1ccc(-c2nnc(Cc3ccc(N)cc3)o2)c(OC)c1. The number of rotatable bonds is 5. The van der Waals surface area contributed by atoms with Gasteiger partial charge in [-0.1, -0.05) is 12.1 Å². The zero-order valence-corrected chi connectivity index (χ0v) is 12.9. The lowest BCUT2D eigenvalue weighted by Crippen LogP contribution is -1.90. The summed E-state index contributed by atoms with van der Waals surface area (Å²) < 4.78 is 16.3. The number of nitrogens with two attached hydrogens (primary N) is 1. The normalized spacial score (nSPS) is 10.5. The highest BCUT2D eigenvalue weighted by molar-refractivity contribution is 5.64. The molecule has 1 aromatic heterocycles. The fourth-order valence-corrected chi connectivity index (χ4v) is 2.22. The predicted molar refractivity (Wildman–Crippen MR) is 86.5 cm³/mol. The van der Waals surface area contributed by atoms with Gasteiger partial charge in [0.1, 0.15) is 11.5 Å². The molecule has 2 aromatic carbocycles. The summed E-state index contributed by atoms with van der Waals surface area (Å²) in [4.78, 5) is 0. The second-order valence-electron chi connectivity index (χ2n) is 4.99. The van der Waals surface area contributed by atoms with Crippen LogP contribution in [0.4, 0.5) is 5.69 Å². The van der Waals surface area contributed by atoms with E-state index in [1.807, 2.05) is 36.4 Å². The molecule has 23 heavy (non-hydrogen) atoms. The monoisotopic (exact) mass is 311 g/mol. The summed E-state index contributed by atoms with van der Waals surface area (Å²) in [6.45, 7) is 0. The smallest absolute Gasteiger partial charge is 0.251 e. The zero-order valence-electron chi connectivity index (χ0n) is 12.9. The van der Waals surface area contributed by atoms with Gasteiger partial charge in [0.15, 0.2) is 0 Å². The van der Waals surface area contributed by atoms with Crippen LogP contribution < -0.4 is 15.2 Å². The second kappa shape index (κ2) is 6.39. The van der Waals surface area contributed by atoms with E-state index in [0.717, 1.165) is 16.8 Å². The molecule has 118 valence electrons. The van der Waals surface area contributed by atoms with Crippen LogP contribution in [0.25, 0.3) is 11.5 Å². The van der Waals surface area contributed by atoms with Gasteiger partial charge in [0.25, 0.3) is 5.89 Å². The van der Waals surface area contributed by atoms with Crippen molar-refractivity contribution in [2.24, 2.45) is 0 Å². The third-order valence-electron chi connectivity index (χ3n) is 3.44. The summed E-state index contributed by atoms with van der Waals surface area (Å²) in [6, 6.07) is 13.0. The Morgan fingerprint density at radius 2 is 1.78 bits per heavy atom. The largest absolute Gasteiger partial charge is 0.497 e. The topological polar surface area (TPSA) is 83.4 Å². The van der Waals surface area contributed by atoms with Crippen molar-refractivity contribution in [2.45, 2.75) is 6.42 Å². The molecule has 0 saturated heterocycles.